The van der Waals surface area contributed by atoms with Gasteiger partial charge in [0.05, 0.1) is 12.5 Å². The lowest BCUT2D eigenvalue weighted by Gasteiger charge is -2.38. The summed E-state index contributed by atoms with van der Waals surface area (Å²) in [5.74, 6) is -1.11. The van der Waals surface area contributed by atoms with Gasteiger partial charge in [-0.1, -0.05) is 0 Å². The summed E-state index contributed by atoms with van der Waals surface area (Å²) >= 11 is 0. The summed E-state index contributed by atoms with van der Waals surface area (Å²) in [6.07, 6.45) is -0.133. The van der Waals surface area contributed by atoms with Gasteiger partial charge in [-0.2, -0.15) is 0 Å². The third kappa shape index (κ3) is 4.32. The summed E-state index contributed by atoms with van der Waals surface area (Å²) in [6, 6.07) is -0.460. The number of piperazine rings is 1. The highest BCUT2D eigenvalue weighted by molar-refractivity contribution is 5.87. The van der Waals surface area contributed by atoms with Crippen LogP contribution in [0.2, 0.25) is 0 Å². The van der Waals surface area contributed by atoms with Gasteiger partial charge in [0.25, 0.3) is 0 Å². The molecule has 1 rings (SSSR count). The predicted molar refractivity (Wildman–Crippen MR) is 63.8 cm³/mol. The third-order valence-electron chi connectivity index (χ3n) is 2.84. The average Bonchev–Trinajstić information content (AvgIpc) is 2.18. The molecule has 0 aliphatic carbocycles. The number of nitrogens with one attached hydrogen (secondary N) is 1. The predicted octanol–water partition coefficient (Wildman–Crippen LogP) is -0.788. The van der Waals surface area contributed by atoms with Gasteiger partial charge >= 0.3 is 5.97 Å². The van der Waals surface area contributed by atoms with Crippen LogP contribution in [0.15, 0.2) is 0 Å². The fourth-order valence-corrected chi connectivity index (χ4v) is 1.99. The van der Waals surface area contributed by atoms with Gasteiger partial charge in [0.1, 0.15) is 0 Å². The molecule has 0 aromatic rings. The quantitative estimate of drug-likeness (QED) is 0.662. The second kappa shape index (κ2) is 5.97. The van der Waals surface area contributed by atoms with Crippen molar-refractivity contribution < 1.29 is 14.7 Å². The van der Waals surface area contributed by atoms with Crippen LogP contribution in [0.5, 0.6) is 0 Å². The number of hydrogen-bond acceptors (Lipinski definition) is 4. The molecule has 1 heterocycles. The molecule has 0 aromatic carbocycles. The van der Waals surface area contributed by atoms with E-state index in [9.17, 15) is 9.59 Å². The summed E-state index contributed by atoms with van der Waals surface area (Å²) in [5, 5.41) is 11.6. The Bertz CT molecular complexity index is 294. The van der Waals surface area contributed by atoms with Crippen molar-refractivity contribution in [3.8, 4) is 0 Å². The minimum atomic E-state index is -0.936. The third-order valence-corrected chi connectivity index (χ3v) is 2.84. The van der Waals surface area contributed by atoms with E-state index in [2.05, 4.69) is 5.32 Å². The molecule has 1 amide bonds. The van der Waals surface area contributed by atoms with Crippen LogP contribution in [-0.2, 0) is 9.59 Å². The first-order chi connectivity index (χ1) is 7.90. The number of carbonyl (C=O) groups excluding carboxylic acids is 1. The Morgan fingerprint density at radius 2 is 2.24 bits per heavy atom. The lowest BCUT2D eigenvalue weighted by atomic mass is 10.1. The van der Waals surface area contributed by atoms with Gasteiger partial charge in [0.15, 0.2) is 0 Å². The Kier molecular flexibility index (Phi) is 4.89. The van der Waals surface area contributed by atoms with Crippen molar-refractivity contribution in [2.45, 2.75) is 25.4 Å². The lowest BCUT2D eigenvalue weighted by Crippen LogP contribution is -2.60. The maximum absolute atomic E-state index is 11.8. The molecule has 0 radical (unpaired) electrons. The van der Waals surface area contributed by atoms with Crippen molar-refractivity contribution in [1.82, 2.24) is 15.1 Å². The maximum Gasteiger partial charge on any atom is 0.305 e. The molecule has 98 valence electrons. The summed E-state index contributed by atoms with van der Waals surface area (Å²) in [4.78, 5) is 26.5. The van der Waals surface area contributed by atoms with Crippen LogP contribution >= 0.6 is 0 Å². The highest BCUT2D eigenvalue weighted by Crippen LogP contribution is 2.11. The Hall–Kier alpha value is -1.14. The molecular formula is C11H21N3O3. The van der Waals surface area contributed by atoms with Crippen molar-refractivity contribution in [2.24, 2.45) is 0 Å². The van der Waals surface area contributed by atoms with Gasteiger partial charge in [0, 0.05) is 25.7 Å². The highest BCUT2D eigenvalue weighted by Gasteiger charge is 2.33. The van der Waals surface area contributed by atoms with Gasteiger partial charge in [-0.05, 0) is 21.0 Å². The summed E-state index contributed by atoms with van der Waals surface area (Å²) in [5.41, 5.74) is 0. The van der Waals surface area contributed by atoms with E-state index >= 15 is 0 Å². The highest BCUT2D eigenvalue weighted by atomic mass is 16.4. The van der Waals surface area contributed by atoms with Crippen LogP contribution in [0.25, 0.3) is 0 Å². The first kappa shape index (κ1) is 13.9. The van der Waals surface area contributed by atoms with E-state index in [0.29, 0.717) is 13.1 Å². The van der Waals surface area contributed by atoms with Crippen molar-refractivity contribution in [3.05, 3.63) is 0 Å². The number of carboxylic acid groups (broad SMARTS) is 1. The van der Waals surface area contributed by atoms with E-state index < -0.39 is 12.0 Å². The zero-order chi connectivity index (χ0) is 13.0. The van der Waals surface area contributed by atoms with Gasteiger partial charge < -0.3 is 15.3 Å². The fourth-order valence-electron chi connectivity index (χ4n) is 1.99. The number of nitrogens with zero attached hydrogens (tertiary/aromatic N) is 2. The number of carboxylic acids is 1. The summed E-state index contributed by atoms with van der Waals surface area (Å²) < 4.78 is 0. The second-order valence-corrected chi connectivity index (χ2v) is 4.82. The van der Waals surface area contributed by atoms with Crippen molar-refractivity contribution in [1.29, 1.82) is 0 Å². The molecule has 0 saturated carbocycles. The van der Waals surface area contributed by atoms with E-state index in [4.69, 9.17) is 5.11 Å². The second-order valence-electron chi connectivity index (χ2n) is 4.82. The number of rotatable bonds is 5. The van der Waals surface area contributed by atoms with Crippen LogP contribution in [0.3, 0.4) is 0 Å². The molecule has 2 unspecified atom stereocenters. The molecule has 1 fully saturated rings. The zero-order valence-electron chi connectivity index (χ0n) is 10.6. The normalized spacial score (nSPS) is 26.0. The summed E-state index contributed by atoms with van der Waals surface area (Å²) in [7, 11) is 3.92. The number of hydrogen-bond donors (Lipinski definition) is 2. The largest absolute Gasteiger partial charge is 0.481 e. The van der Waals surface area contributed by atoms with Crippen molar-refractivity contribution >= 4 is 11.9 Å². The Balaban J connectivity index is 2.64. The van der Waals surface area contributed by atoms with Crippen LogP contribution in [0.1, 0.15) is 13.3 Å². The molecule has 6 nitrogen and oxygen atoms in total. The maximum atomic E-state index is 11.8. The van der Waals surface area contributed by atoms with E-state index in [1.165, 1.54) is 0 Å². The number of amides is 1. The molecule has 2 atom stereocenters. The topological polar surface area (TPSA) is 72.9 Å². The molecule has 1 aliphatic rings. The number of carbonyl (C=O) groups is 2. The Labute approximate surface area is 102 Å². The molecule has 0 spiro atoms. The minimum Gasteiger partial charge on any atom is -0.481 e. The molecule has 17 heavy (non-hydrogen) atoms. The van der Waals surface area contributed by atoms with Crippen LogP contribution in [0.4, 0.5) is 0 Å². The first-order valence-electron chi connectivity index (χ1n) is 5.81. The van der Waals surface area contributed by atoms with Gasteiger partial charge in [-0.15, -0.1) is 0 Å². The van der Waals surface area contributed by atoms with E-state index in [1.807, 2.05) is 30.8 Å². The molecular weight excluding hydrogens is 222 g/mol. The average molecular weight is 243 g/mol. The van der Waals surface area contributed by atoms with Crippen molar-refractivity contribution in [2.75, 3.05) is 33.7 Å². The van der Waals surface area contributed by atoms with E-state index in [1.54, 1.807) is 0 Å². The minimum absolute atomic E-state index is 0.0784. The zero-order valence-corrected chi connectivity index (χ0v) is 10.6. The van der Waals surface area contributed by atoms with Gasteiger partial charge in [-0.3, -0.25) is 14.5 Å². The molecule has 1 saturated heterocycles. The van der Waals surface area contributed by atoms with Crippen molar-refractivity contribution in [3.63, 3.8) is 0 Å². The fraction of sp³-hybridized carbons (Fsp3) is 0.818. The van der Waals surface area contributed by atoms with E-state index in [-0.39, 0.29) is 18.4 Å². The molecule has 2 N–H and O–H groups in total. The van der Waals surface area contributed by atoms with E-state index in [0.717, 1.165) is 6.54 Å². The SMILES string of the molecule is CC1CN(CCN(C)C)C(CC(=O)O)C(=O)N1. The molecule has 0 aromatic heterocycles. The molecule has 0 bridgehead atoms. The standard InChI is InChI=1S/C11H21N3O3/c1-8-7-14(5-4-13(2)3)9(6-10(15)16)11(17)12-8/h8-9H,4-7H2,1-3H3,(H,12,17)(H,15,16). The number of aliphatic carboxylic acids is 1. The monoisotopic (exact) mass is 243 g/mol. The summed E-state index contributed by atoms with van der Waals surface area (Å²) in [6.45, 7) is 4.16. The van der Waals surface area contributed by atoms with Crippen LogP contribution in [0, 0.1) is 0 Å². The smallest absolute Gasteiger partial charge is 0.305 e. The van der Waals surface area contributed by atoms with Gasteiger partial charge in [-0.25, -0.2) is 0 Å². The Morgan fingerprint density at radius 3 is 2.76 bits per heavy atom. The van der Waals surface area contributed by atoms with Gasteiger partial charge in [0.2, 0.25) is 5.91 Å². The Morgan fingerprint density at radius 1 is 1.59 bits per heavy atom. The first-order valence-corrected chi connectivity index (χ1v) is 5.81. The van der Waals surface area contributed by atoms with Crippen LogP contribution in [-0.4, -0.2) is 72.6 Å². The number of likely N-dealkylation sites (N-methyl/N-ethyl adjacent to an activating group) is 1. The molecule has 6 heteroatoms. The lowest BCUT2D eigenvalue weighted by molar-refractivity contribution is -0.143. The van der Waals surface area contributed by atoms with Crippen LogP contribution < -0.4 is 5.32 Å². The molecule has 1 aliphatic heterocycles.